The molecule has 0 spiro atoms. The molecule has 0 bridgehead atoms. The molecule has 0 aromatic heterocycles. The highest BCUT2D eigenvalue weighted by Crippen LogP contribution is 2.15. The van der Waals surface area contributed by atoms with Crippen LogP contribution in [0.25, 0.3) is 0 Å². The van der Waals surface area contributed by atoms with Crippen molar-refractivity contribution in [3.05, 3.63) is 35.9 Å². The number of aliphatic imine (C=N–C) groups is 1. The van der Waals surface area contributed by atoms with E-state index in [2.05, 4.69) is 18.8 Å². The summed E-state index contributed by atoms with van der Waals surface area (Å²) in [7, 11) is 0. The zero-order chi connectivity index (χ0) is 17.0. The van der Waals surface area contributed by atoms with Gasteiger partial charge in [0.2, 0.25) is 5.90 Å². The Hall–Kier alpha value is -1.35. The molecule has 1 aliphatic heterocycles. The Morgan fingerprint density at radius 2 is 1.92 bits per heavy atom. The van der Waals surface area contributed by atoms with Gasteiger partial charge in [0.05, 0.1) is 6.61 Å². The average molecular weight is 331 g/mol. The molecule has 0 N–H and O–H groups in total. The summed E-state index contributed by atoms with van der Waals surface area (Å²) in [4.78, 5) is 4.62. The van der Waals surface area contributed by atoms with Gasteiger partial charge < -0.3 is 9.47 Å². The Morgan fingerprint density at radius 1 is 1.12 bits per heavy atom. The molecular formula is C21H33NO2. The van der Waals surface area contributed by atoms with E-state index in [1.165, 1.54) is 38.5 Å². The van der Waals surface area contributed by atoms with Crippen molar-refractivity contribution >= 4 is 5.90 Å². The highest BCUT2D eigenvalue weighted by molar-refractivity contribution is 5.95. The number of hydrogen-bond acceptors (Lipinski definition) is 3. The monoisotopic (exact) mass is 331 g/mol. The summed E-state index contributed by atoms with van der Waals surface area (Å²) in [6, 6.07) is 10.2. The van der Waals surface area contributed by atoms with Gasteiger partial charge in [-0.05, 0) is 24.5 Å². The second-order valence-electron chi connectivity index (χ2n) is 6.94. The number of rotatable bonds is 12. The Bertz CT molecular complexity index is 472. The van der Waals surface area contributed by atoms with E-state index < -0.39 is 0 Å². The Balaban J connectivity index is 1.54. The van der Waals surface area contributed by atoms with Crippen molar-refractivity contribution in [2.45, 2.75) is 64.8 Å². The number of ether oxygens (including phenoxy) is 2. The van der Waals surface area contributed by atoms with E-state index in [-0.39, 0.29) is 6.04 Å². The maximum Gasteiger partial charge on any atom is 0.216 e. The highest BCUT2D eigenvalue weighted by Gasteiger charge is 2.20. The zero-order valence-corrected chi connectivity index (χ0v) is 15.4. The summed E-state index contributed by atoms with van der Waals surface area (Å²) in [6.07, 6.45) is 9.32. The van der Waals surface area contributed by atoms with Gasteiger partial charge in [-0.3, -0.25) is 0 Å². The van der Waals surface area contributed by atoms with Gasteiger partial charge in [0.15, 0.2) is 0 Å². The Morgan fingerprint density at radius 3 is 2.71 bits per heavy atom. The lowest BCUT2D eigenvalue weighted by atomic mass is 9.99. The van der Waals surface area contributed by atoms with E-state index in [4.69, 9.17) is 9.47 Å². The minimum atomic E-state index is 0.143. The van der Waals surface area contributed by atoms with Crippen LogP contribution in [0.4, 0.5) is 0 Å². The molecule has 1 heterocycles. The number of benzene rings is 1. The van der Waals surface area contributed by atoms with Gasteiger partial charge in [0.25, 0.3) is 0 Å². The standard InChI is InChI=1S/C21H33NO2/c1-3-4-5-6-8-11-18(2)14-15-23-16-20-17-24-21(22-20)19-12-9-7-10-13-19/h7,9-10,12-13,18,20H,3-6,8,11,14-17H2,1-2H3/t18-,20+/m0/s1. The first-order valence-corrected chi connectivity index (χ1v) is 9.63. The van der Waals surface area contributed by atoms with Gasteiger partial charge in [-0.2, -0.15) is 0 Å². The van der Waals surface area contributed by atoms with E-state index in [9.17, 15) is 0 Å². The molecule has 134 valence electrons. The molecule has 3 nitrogen and oxygen atoms in total. The average Bonchev–Trinajstić information content (AvgIpc) is 3.08. The zero-order valence-electron chi connectivity index (χ0n) is 15.4. The maximum atomic E-state index is 5.83. The van der Waals surface area contributed by atoms with E-state index in [0.29, 0.717) is 13.2 Å². The van der Waals surface area contributed by atoms with Crippen molar-refractivity contribution in [1.82, 2.24) is 0 Å². The van der Waals surface area contributed by atoms with Crippen LogP contribution in [0.3, 0.4) is 0 Å². The van der Waals surface area contributed by atoms with Crippen LogP contribution in [0.5, 0.6) is 0 Å². The molecule has 0 aliphatic carbocycles. The predicted octanol–water partition coefficient (Wildman–Crippen LogP) is 5.24. The number of hydrogen-bond donors (Lipinski definition) is 0. The third-order valence-electron chi connectivity index (χ3n) is 4.60. The van der Waals surface area contributed by atoms with Crippen LogP contribution >= 0.6 is 0 Å². The molecule has 1 aliphatic rings. The van der Waals surface area contributed by atoms with Crippen LogP contribution in [0, 0.1) is 5.92 Å². The van der Waals surface area contributed by atoms with Crippen molar-refractivity contribution in [2.75, 3.05) is 19.8 Å². The molecule has 0 unspecified atom stereocenters. The SMILES string of the molecule is CCCCCCC[C@H](C)CCOC[C@@H]1COC(c2ccccc2)=N1. The molecule has 0 radical (unpaired) electrons. The lowest BCUT2D eigenvalue weighted by molar-refractivity contribution is 0.101. The topological polar surface area (TPSA) is 30.8 Å². The van der Waals surface area contributed by atoms with Gasteiger partial charge in [-0.15, -0.1) is 0 Å². The van der Waals surface area contributed by atoms with Crippen molar-refractivity contribution in [3.8, 4) is 0 Å². The largest absolute Gasteiger partial charge is 0.475 e. The molecule has 0 saturated heterocycles. The third kappa shape index (κ3) is 7.04. The summed E-state index contributed by atoms with van der Waals surface area (Å²) in [6.45, 7) is 6.75. The lowest BCUT2D eigenvalue weighted by Crippen LogP contribution is -2.16. The van der Waals surface area contributed by atoms with Crippen LogP contribution in [0.15, 0.2) is 35.3 Å². The molecule has 2 atom stereocenters. The van der Waals surface area contributed by atoms with E-state index in [1.54, 1.807) is 0 Å². The van der Waals surface area contributed by atoms with Crippen LogP contribution < -0.4 is 0 Å². The Kier molecular flexibility index (Phi) is 8.90. The fourth-order valence-electron chi connectivity index (χ4n) is 2.98. The molecule has 1 aromatic carbocycles. The molecule has 2 rings (SSSR count). The van der Waals surface area contributed by atoms with Crippen molar-refractivity contribution in [2.24, 2.45) is 10.9 Å². The smallest absolute Gasteiger partial charge is 0.216 e. The number of unbranched alkanes of at least 4 members (excludes halogenated alkanes) is 4. The molecule has 0 amide bonds. The molecule has 1 aromatic rings. The first kappa shape index (κ1) is 19.0. The highest BCUT2D eigenvalue weighted by atomic mass is 16.5. The lowest BCUT2D eigenvalue weighted by Gasteiger charge is -2.12. The second-order valence-corrected chi connectivity index (χ2v) is 6.94. The normalized spacial score (nSPS) is 18.2. The summed E-state index contributed by atoms with van der Waals surface area (Å²) in [5, 5.41) is 0. The fourth-order valence-corrected chi connectivity index (χ4v) is 2.98. The third-order valence-corrected chi connectivity index (χ3v) is 4.60. The summed E-state index contributed by atoms with van der Waals surface area (Å²) >= 11 is 0. The quantitative estimate of drug-likeness (QED) is 0.491. The fraction of sp³-hybridized carbons (Fsp3) is 0.667. The summed E-state index contributed by atoms with van der Waals surface area (Å²) in [5.74, 6) is 1.51. The second kappa shape index (κ2) is 11.2. The predicted molar refractivity (Wildman–Crippen MR) is 101 cm³/mol. The molecule has 3 heteroatoms. The summed E-state index contributed by atoms with van der Waals surface area (Å²) in [5.41, 5.74) is 1.05. The minimum Gasteiger partial charge on any atom is -0.475 e. The molecule has 24 heavy (non-hydrogen) atoms. The molecule has 0 saturated carbocycles. The molecular weight excluding hydrogens is 298 g/mol. The van der Waals surface area contributed by atoms with E-state index in [0.717, 1.165) is 30.4 Å². The van der Waals surface area contributed by atoms with Crippen molar-refractivity contribution in [1.29, 1.82) is 0 Å². The minimum absolute atomic E-state index is 0.143. The number of nitrogens with zero attached hydrogens (tertiary/aromatic N) is 1. The van der Waals surface area contributed by atoms with Crippen molar-refractivity contribution in [3.63, 3.8) is 0 Å². The van der Waals surface area contributed by atoms with E-state index >= 15 is 0 Å². The van der Waals surface area contributed by atoms with Crippen LogP contribution in [-0.2, 0) is 9.47 Å². The van der Waals surface area contributed by atoms with Gasteiger partial charge in [-0.25, -0.2) is 4.99 Å². The van der Waals surface area contributed by atoms with Gasteiger partial charge >= 0.3 is 0 Å². The van der Waals surface area contributed by atoms with Crippen LogP contribution in [0.2, 0.25) is 0 Å². The van der Waals surface area contributed by atoms with E-state index in [1.807, 2.05) is 30.3 Å². The van der Waals surface area contributed by atoms with Crippen LogP contribution in [-0.4, -0.2) is 31.8 Å². The van der Waals surface area contributed by atoms with Gasteiger partial charge in [-0.1, -0.05) is 70.6 Å². The first-order chi connectivity index (χ1) is 11.8. The van der Waals surface area contributed by atoms with Gasteiger partial charge in [0, 0.05) is 12.2 Å². The first-order valence-electron chi connectivity index (χ1n) is 9.63. The summed E-state index contributed by atoms with van der Waals surface area (Å²) < 4.78 is 11.5. The van der Waals surface area contributed by atoms with Crippen LogP contribution in [0.1, 0.15) is 64.4 Å². The van der Waals surface area contributed by atoms with Gasteiger partial charge in [0.1, 0.15) is 12.6 Å². The van der Waals surface area contributed by atoms with Crippen molar-refractivity contribution < 1.29 is 9.47 Å². The molecule has 0 fully saturated rings. The maximum absolute atomic E-state index is 5.83. The Labute approximate surface area is 147 Å².